The van der Waals surface area contributed by atoms with Crippen molar-refractivity contribution >= 4 is 29.8 Å². The predicted molar refractivity (Wildman–Crippen MR) is 146 cm³/mol. The first-order valence-corrected chi connectivity index (χ1v) is 14.4. The molecule has 1 aliphatic carbocycles. The van der Waals surface area contributed by atoms with Crippen molar-refractivity contribution in [1.82, 2.24) is 15.5 Å². The molecule has 2 rings (SSSR count). The molecule has 0 aromatic carbocycles. The topological polar surface area (TPSA) is 113 Å². The van der Waals surface area contributed by atoms with Crippen LogP contribution in [0.15, 0.2) is 12.7 Å². The maximum absolute atomic E-state index is 12.8. The van der Waals surface area contributed by atoms with Crippen molar-refractivity contribution in [2.24, 2.45) is 17.8 Å². The second-order valence-corrected chi connectivity index (χ2v) is 10.8. The van der Waals surface area contributed by atoms with Gasteiger partial charge in [0.2, 0.25) is 18.1 Å². The zero-order valence-corrected chi connectivity index (χ0v) is 24.1. The maximum Gasteiger partial charge on any atom is 0.389 e. The van der Waals surface area contributed by atoms with Crippen LogP contribution in [0.25, 0.3) is 0 Å². The number of carbonyl (C=O) groups excluding carboxylic acids is 5. The van der Waals surface area contributed by atoms with Crippen LogP contribution in [0.4, 0.5) is 13.2 Å². The number of nitrogens with one attached hydrogen (secondary N) is 2. The molecule has 2 fully saturated rings. The first-order chi connectivity index (χ1) is 18.9. The highest BCUT2D eigenvalue weighted by Gasteiger charge is 2.40. The lowest BCUT2D eigenvalue weighted by atomic mass is 9.85. The lowest BCUT2D eigenvalue weighted by molar-refractivity contribution is -0.160. The summed E-state index contributed by atoms with van der Waals surface area (Å²) >= 11 is 0. The number of hydrogen-bond acceptors (Lipinski definition) is 5. The van der Waals surface area contributed by atoms with E-state index in [1.807, 2.05) is 0 Å². The fourth-order valence-electron chi connectivity index (χ4n) is 5.39. The van der Waals surface area contributed by atoms with Crippen molar-refractivity contribution in [3.05, 3.63) is 12.7 Å². The molecule has 0 spiro atoms. The number of carbonyl (C=O) groups is 5. The van der Waals surface area contributed by atoms with Gasteiger partial charge in [0.1, 0.15) is 6.04 Å². The van der Waals surface area contributed by atoms with Crippen molar-refractivity contribution in [2.75, 3.05) is 13.1 Å². The van der Waals surface area contributed by atoms with Gasteiger partial charge in [0.05, 0.1) is 12.5 Å². The Morgan fingerprint density at radius 2 is 1.68 bits per heavy atom. The van der Waals surface area contributed by atoms with Gasteiger partial charge in [0.25, 0.3) is 5.91 Å². The molecule has 2 aliphatic rings. The van der Waals surface area contributed by atoms with Gasteiger partial charge in [-0.25, -0.2) is 0 Å². The molecule has 2 N–H and O–H groups in total. The molecule has 3 amide bonds. The Morgan fingerprint density at radius 3 is 2.17 bits per heavy atom. The van der Waals surface area contributed by atoms with Crippen LogP contribution >= 0.6 is 0 Å². The molecule has 1 aliphatic heterocycles. The third-order valence-corrected chi connectivity index (χ3v) is 7.87. The molecule has 8 nitrogen and oxygen atoms in total. The molecule has 4 atom stereocenters. The fourth-order valence-corrected chi connectivity index (χ4v) is 5.39. The van der Waals surface area contributed by atoms with Crippen LogP contribution in [0.3, 0.4) is 0 Å². The molecule has 11 heteroatoms. The van der Waals surface area contributed by atoms with Gasteiger partial charge in [0.15, 0.2) is 5.78 Å². The van der Waals surface area contributed by atoms with Crippen LogP contribution in [-0.2, 0) is 24.0 Å². The van der Waals surface area contributed by atoms with Crippen LogP contribution in [0, 0.1) is 17.8 Å². The van der Waals surface area contributed by atoms with E-state index in [1.165, 1.54) is 12.8 Å². The van der Waals surface area contributed by atoms with Crippen LogP contribution in [0.5, 0.6) is 0 Å². The molecular formula is C29H46F3N3O5. The first-order valence-electron chi connectivity index (χ1n) is 14.4. The second kappa shape index (κ2) is 17.9. The largest absolute Gasteiger partial charge is 0.389 e. The normalized spacial score (nSPS) is 20.1. The zero-order chi connectivity index (χ0) is 30.3. The third kappa shape index (κ3) is 11.8. The van der Waals surface area contributed by atoms with E-state index in [0.29, 0.717) is 25.8 Å². The molecule has 0 aromatic heterocycles. The third-order valence-electron chi connectivity index (χ3n) is 7.87. The molecule has 4 unspecified atom stereocenters. The predicted octanol–water partition coefficient (Wildman–Crippen LogP) is 4.51. The summed E-state index contributed by atoms with van der Waals surface area (Å²) in [4.78, 5) is 60.4. The van der Waals surface area contributed by atoms with Crippen molar-refractivity contribution in [3.63, 3.8) is 0 Å². The summed E-state index contributed by atoms with van der Waals surface area (Å²) in [6, 6.07) is -0.750. The van der Waals surface area contributed by atoms with Gasteiger partial charge in [0, 0.05) is 19.0 Å². The fraction of sp³-hybridized carbons (Fsp3) is 0.759. The zero-order valence-electron chi connectivity index (χ0n) is 24.1. The number of likely N-dealkylation sites (tertiary alicyclic amines) is 1. The van der Waals surface area contributed by atoms with Crippen LogP contribution < -0.4 is 10.6 Å². The Balaban J connectivity index is 0.000000403. The van der Waals surface area contributed by atoms with E-state index < -0.39 is 42.2 Å². The average Bonchev–Trinajstić information content (AvgIpc) is 3.26. The van der Waals surface area contributed by atoms with Crippen LogP contribution in [0.2, 0.25) is 0 Å². The number of ketones is 2. The van der Waals surface area contributed by atoms with Gasteiger partial charge in [-0.15, -0.1) is 6.58 Å². The van der Waals surface area contributed by atoms with Gasteiger partial charge in [-0.3, -0.25) is 24.0 Å². The summed E-state index contributed by atoms with van der Waals surface area (Å²) in [5.74, 6) is -3.54. The van der Waals surface area contributed by atoms with E-state index in [0.717, 1.165) is 38.5 Å². The van der Waals surface area contributed by atoms with Crippen LogP contribution in [0.1, 0.15) is 91.4 Å². The van der Waals surface area contributed by atoms with E-state index >= 15 is 0 Å². The molecular weight excluding hydrogens is 527 g/mol. The molecule has 0 aromatic rings. The summed E-state index contributed by atoms with van der Waals surface area (Å²) in [6.45, 7) is 9.06. The van der Waals surface area contributed by atoms with E-state index in [4.69, 9.17) is 0 Å². The van der Waals surface area contributed by atoms with Crippen molar-refractivity contribution in [2.45, 2.75) is 110 Å². The molecule has 0 radical (unpaired) electrons. The average molecular weight is 574 g/mol. The SMILES string of the molecule is C=CCCNC(=O)C(=O)C(CC(F)(F)F)C(C)CC.CC(=O)C1CCCN1C(=O)C(NC=O)C1CCCCCC1. The minimum atomic E-state index is -4.45. The minimum Gasteiger partial charge on any atom is -0.349 e. The molecule has 0 bridgehead atoms. The Labute approximate surface area is 235 Å². The number of halogens is 3. The van der Waals surface area contributed by atoms with Crippen molar-refractivity contribution in [3.8, 4) is 0 Å². The lowest BCUT2D eigenvalue weighted by Crippen LogP contribution is -2.52. The van der Waals surface area contributed by atoms with Crippen LogP contribution in [-0.4, -0.2) is 66.0 Å². The highest BCUT2D eigenvalue weighted by Crippen LogP contribution is 2.31. The summed E-state index contributed by atoms with van der Waals surface area (Å²) < 4.78 is 37.3. The Morgan fingerprint density at radius 1 is 1.05 bits per heavy atom. The van der Waals surface area contributed by atoms with Gasteiger partial charge in [-0.1, -0.05) is 52.0 Å². The number of rotatable bonds is 13. The van der Waals surface area contributed by atoms with E-state index in [2.05, 4.69) is 17.2 Å². The Hall–Kier alpha value is -2.72. The second-order valence-electron chi connectivity index (χ2n) is 10.8. The van der Waals surface area contributed by atoms with Crippen molar-refractivity contribution in [1.29, 1.82) is 0 Å². The molecule has 228 valence electrons. The number of amides is 3. The lowest BCUT2D eigenvalue weighted by Gasteiger charge is -2.31. The van der Waals surface area contributed by atoms with E-state index in [9.17, 15) is 37.1 Å². The van der Waals surface area contributed by atoms with Gasteiger partial charge in [-0.05, 0) is 50.9 Å². The number of nitrogens with zero attached hydrogens (tertiary/aromatic N) is 1. The van der Waals surface area contributed by atoms with E-state index in [-0.39, 0.29) is 30.2 Å². The summed E-state index contributed by atoms with van der Waals surface area (Å²) in [7, 11) is 0. The Kier molecular flexibility index (Phi) is 15.8. The summed E-state index contributed by atoms with van der Waals surface area (Å²) in [6.07, 6.45) is 5.57. The smallest absolute Gasteiger partial charge is 0.349 e. The monoisotopic (exact) mass is 573 g/mol. The number of hydrogen-bond donors (Lipinski definition) is 2. The van der Waals surface area contributed by atoms with Gasteiger partial charge in [-0.2, -0.15) is 13.2 Å². The Bertz CT molecular complexity index is 856. The quantitative estimate of drug-likeness (QED) is 0.111. The molecule has 1 saturated heterocycles. The maximum atomic E-state index is 12.8. The summed E-state index contributed by atoms with van der Waals surface area (Å²) in [5, 5.41) is 5.03. The number of alkyl halides is 3. The standard InChI is InChI=1S/C16H26N2O3.C13H20F3NO2/c1-12(20)14-9-6-10-18(14)16(21)15(17-11-19)13-7-4-2-3-5-8-13;1-4-6-7-17-12(19)11(18)10(9(3)5-2)8-13(14,15)16/h11,13-15H,2-10H2,1H3,(H,17,19);4,9-10H,1,5-8H2,2-3H3,(H,17,19). The highest BCUT2D eigenvalue weighted by molar-refractivity contribution is 6.37. The van der Waals surface area contributed by atoms with E-state index in [1.54, 1.807) is 31.7 Å². The van der Waals surface area contributed by atoms with Gasteiger partial charge >= 0.3 is 6.18 Å². The summed E-state index contributed by atoms with van der Waals surface area (Å²) in [5.41, 5.74) is 0. The number of Topliss-reactive ketones (excluding diaryl/α,β-unsaturated/α-hetero) is 2. The van der Waals surface area contributed by atoms with Gasteiger partial charge < -0.3 is 15.5 Å². The first kappa shape index (κ1) is 35.3. The highest BCUT2D eigenvalue weighted by atomic mass is 19.4. The molecule has 1 saturated carbocycles. The van der Waals surface area contributed by atoms with Crippen molar-refractivity contribution < 1.29 is 37.1 Å². The molecule has 1 heterocycles. The minimum absolute atomic E-state index is 0.0477. The molecule has 40 heavy (non-hydrogen) atoms.